The Hall–Kier alpha value is -6.51. The van der Waals surface area contributed by atoms with Gasteiger partial charge in [-0.3, -0.25) is 57.5 Å². The number of anilines is 1. The number of carbonyl (C=O) groups excluding carboxylic acids is 12. The Labute approximate surface area is 476 Å². The van der Waals surface area contributed by atoms with E-state index >= 15 is 0 Å². The fraction of sp³-hybridized carbons (Fsp3) is 0.593. The van der Waals surface area contributed by atoms with Gasteiger partial charge in [-0.25, -0.2) is 0 Å². The van der Waals surface area contributed by atoms with E-state index in [0.717, 1.165) is 23.8 Å². The number of hydrogen-bond acceptors (Lipinski definition) is 16. The van der Waals surface area contributed by atoms with Crippen molar-refractivity contribution in [3.63, 3.8) is 0 Å². The smallest absolute Gasteiger partial charge is 0.306 e. The van der Waals surface area contributed by atoms with E-state index in [1.54, 1.807) is 45.9 Å². The lowest BCUT2D eigenvalue weighted by Crippen LogP contribution is -2.55. The highest BCUT2D eigenvalue weighted by atomic mass is 79.9. The number of nitrogens with one attached hydrogen (secondary N) is 8. The highest BCUT2D eigenvalue weighted by Crippen LogP contribution is 2.36. The van der Waals surface area contributed by atoms with Crippen molar-refractivity contribution in [2.45, 2.75) is 134 Å². The molecule has 2 bridgehead atoms. The average Bonchev–Trinajstić information content (AvgIpc) is 4.00. The van der Waals surface area contributed by atoms with Crippen molar-refractivity contribution in [3.8, 4) is 0 Å². The van der Waals surface area contributed by atoms with Crippen LogP contribution in [0.15, 0.2) is 33.8 Å². The first-order valence-electron chi connectivity index (χ1n) is 26.9. The number of rotatable bonds is 17. The molecule has 0 unspecified atom stereocenters. The second-order valence-electron chi connectivity index (χ2n) is 20.4. The van der Waals surface area contributed by atoms with Gasteiger partial charge in [0.05, 0.1) is 66.8 Å². The molecule has 1 fully saturated rings. The van der Waals surface area contributed by atoms with Crippen LogP contribution in [0.4, 0.5) is 5.69 Å². The Morgan fingerprint density at radius 2 is 1.52 bits per heavy atom. The molecule has 1 saturated heterocycles. The number of thioether (sulfide) groups is 1. The molecule has 9 N–H and O–H groups in total. The second kappa shape index (κ2) is 30.9. The fourth-order valence-corrected chi connectivity index (χ4v) is 11.1. The number of ether oxygens (including phenoxy) is 2. The van der Waals surface area contributed by atoms with Crippen molar-refractivity contribution in [2.75, 3.05) is 58.1 Å². The molecular weight excluding hydrogens is 1130 g/mol. The zero-order chi connectivity index (χ0) is 58.8. The first-order chi connectivity index (χ1) is 38.1. The first kappa shape index (κ1) is 64.3. The topological polar surface area (TPSA) is 347 Å². The largest absolute Gasteiger partial charge is 0.469 e. The molecule has 5 rings (SSSR count). The van der Waals surface area contributed by atoms with Crippen LogP contribution in [-0.4, -0.2) is 169 Å². The number of esters is 1. The van der Waals surface area contributed by atoms with Gasteiger partial charge in [-0.15, -0.1) is 11.8 Å². The first-order valence-corrected chi connectivity index (χ1v) is 28.6. The van der Waals surface area contributed by atoms with Crippen molar-refractivity contribution in [1.29, 1.82) is 0 Å². The zero-order valence-electron chi connectivity index (χ0n) is 45.9. The van der Waals surface area contributed by atoms with Crippen LogP contribution < -0.4 is 37.2 Å². The summed E-state index contributed by atoms with van der Waals surface area (Å²) in [5, 5.41) is 30.5. The molecule has 26 heteroatoms. The Morgan fingerprint density at radius 3 is 2.21 bits per heavy atom. The third-order valence-corrected chi connectivity index (χ3v) is 16.3. The number of benzene rings is 1. The number of halogens is 1. The predicted molar refractivity (Wildman–Crippen MR) is 296 cm³/mol. The molecule has 24 nitrogen and oxygen atoms in total. The van der Waals surface area contributed by atoms with Gasteiger partial charge in [0.25, 0.3) is 5.91 Å². The van der Waals surface area contributed by atoms with E-state index in [0.29, 0.717) is 59.5 Å². The summed E-state index contributed by atoms with van der Waals surface area (Å²) < 4.78 is 9.88. The third-order valence-electron chi connectivity index (χ3n) is 14.5. The molecule has 3 aliphatic rings. The maximum atomic E-state index is 14.8. The molecule has 8 amide bonds. The summed E-state index contributed by atoms with van der Waals surface area (Å²) >= 11 is 4.17. The van der Waals surface area contributed by atoms with E-state index in [2.05, 4.69) is 58.1 Å². The molecule has 80 heavy (non-hydrogen) atoms. The summed E-state index contributed by atoms with van der Waals surface area (Å²) in [6.45, 7) is 5.96. The molecule has 1 aromatic carbocycles. The van der Waals surface area contributed by atoms with Crippen molar-refractivity contribution < 1.29 is 72.1 Å². The third kappa shape index (κ3) is 18.3. The van der Waals surface area contributed by atoms with Crippen LogP contribution in [0.1, 0.15) is 97.5 Å². The standard InChI is InChI=1S/C54H74BrN9O15S/c1-7-28(3)47-42(68)18-30-17-36-35-21-32(59-43(69)12-10-9-11-33(65)22-37(55)50(74)56-15-16-78-5)13-14-38(35)61-53(36)80-27-39(60-44(70)24-58-52(76)48(29(4)8-2)62-45(71)25-57-49(30)73)41(67)19-31(20-46(72)79-6)54(77)64-26-34(66)23-40(64)51(75)63-47/h13-14,21-22,28-31,34,39-40,47-48,61,66H,7-12,15-20,23-27H2,1-6H3,(H,56,74)(H,57,73)(H,58,76)(H,59,69)(H,60,70)(H,62,71)(H,63,75)/b37-22+/t28-,29-,30+,31-,34+,39-,40-,47-,48-/m0/s1. The number of aromatic amines is 1. The fourth-order valence-electron chi connectivity index (χ4n) is 9.56. The minimum absolute atomic E-state index is 0.0228. The van der Waals surface area contributed by atoms with Gasteiger partial charge < -0.3 is 61.7 Å². The lowest BCUT2D eigenvalue weighted by Gasteiger charge is -2.31. The zero-order valence-corrected chi connectivity index (χ0v) is 48.3. The van der Waals surface area contributed by atoms with Gasteiger partial charge in [0.1, 0.15) is 12.1 Å². The number of aromatic nitrogens is 1. The van der Waals surface area contributed by atoms with Gasteiger partial charge in [0.2, 0.25) is 41.4 Å². The molecule has 2 aromatic rings. The lowest BCUT2D eigenvalue weighted by atomic mass is 9.86. The van der Waals surface area contributed by atoms with Crippen molar-refractivity contribution in [2.24, 2.45) is 23.7 Å². The quantitative estimate of drug-likeness (QED) is 0.0614. The number of aliphatic hydroxyl groups is 1. The number of hydrogen-bond donors (Lipinski definition) is 9. The van der Waals surface area contributed by atoms with Crippen LogP contribution >= 0.6 is 27.7 Å². The maximum Gasteiger partial charge on any atom is 0.306 e. The van der Waals surface area contributed by atoms with Gasteiger partial charge in [0, 0.05) is 86.6 Å². The molecule has 1 aromatic heterocycles. The van der Waals surface area contributed by atoms with Crippen LogP contribution in [0.2, 0.25) is 0 Å². The van der Waals surface area contributed by atoms with Crippen LogP contribution in [-0.2, 0) is 73.4 Å². The highest BCUT2D eigenvalue weighted by Gasteiger charge is 2.44. The molecule has 3 aliphatic heterocycles. The molecular formula is C54H74BrN9O15S. The van der Waals surface area contributed by atoms with E-state index in [1.807, 2.05) is 0 Å². The summed E-state index contributed by atoms with van der Waals surface area (Å²) in [6, 6.07) is -0.215. The minimum atomic E-state index is -1.45. The van der Waals surface area contributed by atoms with Gasteiger partial charge in [-0.1, -0.05) is 40.5 Å². The normalized spacial score (nSPS) is 24.0. The Balaban J connectivity index is 1.59. The van der Waals surface area contributed by atoms with Crippen molar-refractivity contribution in [3.05, 3.63) is 34.3 Å². The number of amides is 8. The summed E-state index contributed by atoms with van der Waals surface area (Å²) in [7, 11) is 2.59. The minimum Gasteiger partial charge on any atom is -0.469 e. The number of ketones is 3. The molecule has 438 valence electrons. The van der Waals surface area contributed by atoms with Crippen LogP contribution in [0, 0.1) is 23.7 Å². The predicted octanol–water partition coefficient (Wildman–Crippen LogP) is 1.39. The van der Waals surface area contributed by atoms with E-state index in [-0.39, 0.29) is 60.7 Å². The number of methoxy groups -OCH3 is 2. The molecule has 0 saturated carbocycles. The second-order valence-corrected chi connectivity index (χ2v) is 22.3. The van der Waals surface area contributed by atoms with Crippen molar-refractivity contribution in [1.82, 2.24) is 41.8 Å². The molecule has 9 atom stereocenters. The van der Waals surface area contributed by atoms with Crippen LogP contribution in [0.3, 0.4) is 0 Å². The summed E-state index contributed by atoms with van der Waals surface area (Å²) in [5.41, 5.74) is 1.27. The average molecular weight is 1200 g/mol. The van der Waals surface area contributed by atoms with Gasteiger partial charge in [-0.05, 0) is 70.8 Å². The molecule has 0 spiro atoms. The van der Waals surface area contributed by atoms with E-state index in [1.165, 1.54) is 13.2 Å². The maximum absolute atomic E-state index is 14.8. The van der Waals surface area contributed by atoms with Crippen LogP contribution in [0.25, 0.3) is 10.9 Å². The number of nitrogens with zero attached hydrogens (tertiary/aromatic N) is 1. The van der Waals surface area contributed by atoms with E-state index < -0.39 is 145 Å². The summed E-state index contributed by atoms with van der Waals surface area (Å²) in [4.78, 5) is 170. The number of aliphatic hydroxyl groups excluding tert-OH is 1. The number of H-pyrrole nitrogens is 1. The molecule has 4 heterocycles. The van der Waals surface area contributed by atoms with Crippen LogP contribution in [0.5, 0.6) is 0 Å². The number of unbranched alkanes of at least 4 members (excludes halogenated alkanes) is 1. The highest BCUT2D eigenvalue weighted by molar-refractivity contribution is 9.12. The Kier molecular flexibility index (Phi) is 24.8. The van der Waals surface area contributed by atoms with Gasteiger partial charge in [0.15, 0.2) is 17.3 Å². The number of Topliss-reactive ketones (excluding diaryl/α,β-unsaturated/α-hetero) is 2. The SMILES string of the molecule is CC[C@H](C)[C@@H]1NC(=O)[C@@H]2C[C@@H](O)CN2C(=O)[C@H](CC(=O)OC)CC(=O)[C@@H]2CSc3[nH]c4ccc(NC(=O)CCCCC(=O)/C=C(/Br)C(=O)NCCOC)cc4c3C[C@H](CC1=O)C(=O)NCC(=O)N[C@@H]([C@@H](C)CC)C(=O)NCC(=O)N2. The summed E-state index contributed by atoms with van der Waals surface area (Å²) in [6.07, 6.45) is -0.706. The van der Waals surface area contributed by atoms with Gasteiger partial charge in [-0.2, -0.15) is 0 Å². The number of allylic oxidation sites excluding steroid dienone is 1. The monoisotopic (exact) mass is 1200 g/mol. The lowest BCUT2D eigenvalue weighted by molar-refractivity contribution is -0.149. The van der Waals surface area contributed by atoms with E-state index in [4.69, 9.17) is 9.47 Å². The summed E-state index contributed by atoms with van der Waals surface area (Å²) in [5.74, 6) is -11.9. The van der Waals surface area contributed by atoms with E-state index in [9.17, 15) is 62.6 Å². The molecule has 0 aliphatic carbocycles. The number of fused-ring (bicyclic) bond motifs is 5. The van der Waals surface area contributed by atoms with Crippen molar-refractivity contribution >= 4 is 115 Å². The number of carbonyl (C=O) groups is 12. The Bertz CT molecular complexity index is 2700. The van der Waals surface area contributed by atoms with Gasteiger partial charge >= 0.3 is 5.97 Å². The Morgan fingerprint density at radius 1 is 0.850 bits per heavy atom. The molecule has 0 radical (unpaired) electrons.